The molecule has 1 aromatic heterocycles. The van der Waals surface area contributed by atoms with E-state index in [1.807, 2.05) is 13.8 Å². The smallest absolute Gasteiger partial charge is 0.241 e. The number of hydrogen-bond donors (Lipinski definition) is 2. The van der Waals surface area contributed by atoms with Crippen molar-refractivity contribution in [2.45, 2.75) is 37.6 Å². The molecule has 7 nitrogen and oxygen atoms in total. The van der Waals surface area contributed by atoms with Gasteiger partial charge in [-0.05, 0) is 32.0 Å². The zero-order valence-electron chi connectivity index (χ0n) is 13.7. The molecule has 0 bridgehead atoms. The number of anilines is 1. The summed E-state index contributed by atoms with van der Waals surface area (Å²) in [6, 6.07) is 3.35. The molecule has 23 heavy (non-hydrogen) atoms. The minimum Gasteiger partial charge on any atom is -0.355 e. The molecule has 2 rings (SSSR count). The lowest BCUT2D eigenvalue weighted by Crippen LogP contribution is -2.49. The van der Waals surface area contributed by atoms with E-state index in [0.29, 0.717) is 6.54 Å². The van der Waals surface area contributed by atoms with E-state index in [1.165, 1.54) is 13.2 Å². The number of rotatable bonds is 5. The first-order valence-electron chi connectivity index (χ1n) is 7.78. The highest BCUT2D eigenvalue weighted by molar-refractivity contribution is 7.89. The van der Waals surface area contributed by atoms with Crippen molar-refractivity contribution in [3.63, 3.8) is 0 Å². The largest absolute Gasteiger partial charge is 0.355 e. The summed E-state index contributed by atoms with van der Waals surface area (Å²) in [4.78, 5) is 18.3. The molecule has 1 aromatic rings. The van der Waals surface area contributed by atoms with Crippen molar-refractivity contribution < 1.29 is 13.2 Å². The molecule has 0 radical (unpaired) electrons. The van der Waals surface area contributed by atoms with Crippen LogP contribution < -0.4 is 14.9 Å². The van der Waals surface area contributed by atoms with Crippen LogP contribution in [0.1, 0.15) is 26.7 Å². The van der Waals surface area contributed by atoms with Crippen LogP contribution in [0.15, 0.2) is 23.2 Å². The molecular weight excluding hydrogens is 316 g/mol. The topological polar surface area (TPSA) is 91.4 Å². The van der Waals surface area contributed by atoms with Gasteiger partial charge < -0.3 is 10.2 Å². The molecule has 2 heterocycles. The number of amides is 1. The highest BCUT2D eigenvalue weighted by atomic mass is 32.2. The Hall–Kier alpha value is -1.67. The Morgan fingerprint density at radius 3 is 2.70 bits per heavy atom. The van der Waals surface area contributed by atoms with E-state index >= 15 is 0 Å². The molecular formula is C15H24N4O3S. The van der Waals surface area contributed by atoms with E-state index in [1.54, 1.807) is 12.1 Å². The first-order chi connectivity index (χ1) is 10.8. The standard InChI is InChI=1S/C15H24N4O3S/c1-11(2)15(20)18-12-5-4-8-19(10-12)14-7-6-13(9-17-14)23(21,22)16-3/h6-7,9,11-12,16H,4-5,8,10H2,1-3H3,(H,18,20). The van der Waals surface area contributed by atoms with Gasteiger partial charge in [0.15, 0.2) is 0 Å². The van der Waals surface area contributed by atoms with Crippen molar-refractivity contribution in [3.8, 4) is 0 Å². The second-order valence-corrected chi connectivity index (χ2v) is 7.89. The Kier molecular flexibility index (Phi) is 5.59. The number of pyridine rings is 1. The van der Waals surface area contributed by atoms with Crippen molar-refractivity contribution in [1.29, 1.82) is 0 Å². The molecule has 0 aromatic carbocycles. The SMILES string of the molecule is CNS(=O)(=O)c1ccc(N2CCCC(NC(=O)C(C)C)C2)nc1. The number of carbonyl (C=O) groups is 1. The number of hydrogen-bond acceptors (Lipinski definition) is 5. The first kappa shape index (κ1) is 17.7. The first-order valence-corrected chi connectivity index (χ1v) is 9.26. The molecule has 0 aliphatic carbocycles. The normalized spacial score (nSPS) is 19.0. The van der Waals surface area contributed by atoms with E-state index < -0.39 is 10.0 Å². The third-order valence-electron chi connectivity index (χ3n) is 3.92. The number of nitrogens with one attached hydrogen (secondary N) is 2. The van der Waals surface area contributed by atoms with Gasteiger partial charge >= 0.3 is 0 Å². The molecule has 8 heteroatoms. The van der Waals surface area contributed by atoms with E-state index in [2.05, 4.69) is 19.9 Å². The van der Waals surface area contributed by atoms with Crippen LogP contribution in [0, 0.1) is 5.92 Å². The van der Waals surface area contributed by atoms with Gasteiger partial charge in [0.05, 0.1) is 0 Å². The lowest BCUT2D eigenvalue weighted by Gasteiger charge is -2.34. The van der Waals surface area contributed by atoms with E-state index in [0.717, 1.165) is 25.2 Å². The van der Waals surface area contributed by atoms with Gasteiger partial charge in [-0.25, -0.2) is 18.1 Å². The predicted molar refractivity (Wildman–Crippen MR) is 88.7 cm³/mol. The summed E-state index contributed by atoms with van der Waals surface area (Å²) in [6.45, 7) is 5.28. The maximum absolute atomic E-state index is 11.8. The van der Waals surface area contributed by atoms with Gasteiger partial charge in [0.1, 0.15) is 10.7 Å². The second kappa shape index (κ2) is 7.27. The summed E-state index contributed by atoms with van der Waals surface area (Å²) in [6.07, 6.45) is 3.26. The second-order valence-electron chi connectivity index (χ2n) is 6.01. The molecule has 1 atom stereocenters. The van der Waals surface area contributed by atoms with Crippen molar-refractivity contribution in [3.05, 3.63) is 18.3 Å². The molecule has 0 spiro atoms. The summed E-state index contributed by atoms with van der Waals surface area (Å²) in [5, 5.41) is 3.05. The third kappa shape index (κ3) is 4.42. The van der Waals surface area contributed by atoms with E-state index in [-0.39, 0.29) is 22.8 Å². The average molecular weight is 340 g/mol. The Labute approximate surface area is 137 Å². The van der Waals surface area contributed by atoms with Gasteiger partial charge in [0, 0.05) is 31.2 Å². The van der Waals surface area contributed by atoms with Crippen LogP contribution in [-0.4, -0.2) is 45.5 Å². The van der Waals surface area contributed by atoms with Gasteiger partial charge in [0.2, 0.25) is 15.9 Å². The van der Waals surface area contributed by atoms with Crippen LogP contribution in [0.3, 0.4) is 0 Å². The Balaban J connectivity index is 2.05. The lowest BCUT2D eigenvalue weighted by atomic mass is 10.0. The predicted octanol–water partition coefficient (Wildman–Crippen LogP) is 0.731. The summed E-state index contributed by atoms with van der Waals surface area (Å²) in [5.41, 5.74) is 0. The van der Waals surface area contributed by atoms with Crippen LogP contribution in [-0.2, 0) is 14.8 Å². The van der Waals surface area contributed by atoms with Gasteiger partial charge in [0.25, 0.3) is 0 Å². The summed E-state index contributed by atoms with van der Waals surface area (Å²) in [7, 11) is -2.10. The van der Waals surface area contributed by atoms with Crippen LogP contribution in [0.5, 0.6) is 0 Å². The molecule has 0 saturated carbocycles. The number of aromatic nitrogens is 1. The number of carbonyl (C=O) groups excluding carboxylic acids is 1. The number of piperidine rings is 1. The van der Waals surface area contributed by atoms with Crippen LogP contribution >= 0.6 is 0 Å². The maximum Gasteiger partial charge on any atom is 0.241 e. The van der Waals surface area contributed by atoms with Crippen LogP contribution in [0.2, 0.25) is 0 Å². The average Bonchev–Trinajstić information content (AvgIpc) is 2.55. The van der Waals surface area contributed by atoms with Crippen molar-refractivity contribution >= 4 is 21.7 Å². The van der Waals surface area contributed by atoms with E-state index in [9.17, 15) is 13.2 Å². The fraction of sp³-hybridized carbons (Fsp3) is 0.600. The monoisotopic (exact) mass is 340 g/mol. The number of nitrogens with zero attached hydrogens (tertiary/aromatic N) is 2. The molecule has 1 saturated heterocycles. The molecule has 2 N–H and O–H groups in total. The molecule has 1 aliphatic heterocycles. The highest BCUT2D eigenvalue weighted by Crippen LogP contribution is 2.19. The minimum absolute atomic E-state index is 0.0328. The zero-order chi connectivity index (χ0) is 17.0. The molecule has 128 valence electrons. The zero-order valence-corrected chi connectivity index (χ0v) is 14.6. The van der Waals surface area contributed by atoms with Crippen LogP contribution in [0.4, 0.5) is 5.82 Å². The van der Waals surface area contributed by atoms with Crippen molar-refractivity contribution in [2.24, 2.45) is 5.92 Å². The highest BCUT2D eigenvalue weighted by Gasteiger charge is 2.23. The molecule has 1 aliphatic rings. The lowest BCUT2D eigenvalue weighted by molar-refractivity contribution is -0.124. The van der Waals surface area contributed by atoms with Gasteiger partial charge in [-0.3, -0.25) is 4.79 Å². The summed E-state index contributed by atoms with van der Waals surface area (Å²) in [5.74, 6) is 0.748. The van der Waals surface area contributed by atoms with Gasteiger partial charge in [-0.1, -0.05) is 13.8 Å². The Bertz CT molecular complexity index is 643. The fourth-order valence-electron chi connectivity index (χ4n) is 2.51. The van der Waals surface area contributed by atoms with E-state index in [4.69, 9.17) is 0 Å². The Morgan fingerprint density at radius 2 is 2.13 bits per heavy atom. The van der Waals surface area contributed by atoms with Gasteiger partial charge in [-0.15, -0.1) is 0 Å². The molecule has 1 fully saturated rings. The minimum atomic E-state index is -3.47. The number of sulfonamides is 1. The molecule has 1 amide bonds. The van der Waals surface area contributed by atoms with Gasteiger partial charge in [-0.2, -0.15) is 0 Å². The third-order valence-corrected chi connectivity index (χ3v) is 5.32. The molecule has 1 unspecified atom stereocenters. The van der Waals surface area contributed by atoms with Crippen molar-refractivity contribution in [1.82, 2.24) is 15.0 Å². The van der Waals surface area contributed by atoms with Crippen LogP contribution in [0.25, 0.3) is 0 Å². The summed E-state index contributed by atoms with van der Waals surface area (Å²) < 4.78 is 25.7. The summed E-state index contributed by atoms with van der Waals surface area (Å²) >= 11 is 0. The Morgan fingerprint density at radius 1 is 1.39 bits per heavy atom. The quantitative estimate of drug-likeness (QED) is 0.824. The van der Waals surface area contributed by atoms with Crippen molar-refractivity contribution in [2.75, 3.05) is 25.0 Å². The maximum atomic E-state index is 11.8. The fourth-order valence-corrected chi connectivity index (χ4v) is 3.18.